The number of H-pyrrole nitrogens is 1. The standard InChI is InChI=1S/C22H28N2OS/c1-4-15-8-10-20-18(13-15)17(7-5-6-12-23)22(24-20)19-14-16(26-3)9-11-21(19)25-2/h8-11,13-14,24H,4-7,12,23H2,1-3H3. The Hall–Kier alpha value is -1.91. The first-order chi connectivity index (χ1) is 12.7. The first-order valence-corrected chi connectivity index (χ1v) is 10.5. The fraction of sp³-hybridized carbons (Fsp3) is 0.364. The van der Waals surface area contributed by atoms with E-state index in [2.05, 4.69) is 54.6 Å². The molecule has 0 unspecified atom stereocenters. The van der Waals surface area contributed by atoms with Crippen molar-refractivity contribution in [2.75, 3.05) is 19.9 Å². The van der Waals surface area contributed by atoms with E-state index in [0.29, 0.717) is 0 Å². The van der Waals surface area contributed by atoms with Crippen LogP contribution in [0.2, 0.25) is 0 Å². The predicted octanol–water partition coefficient (Wildman–Crippen LogP) is 5.41. The third-order valence-corrected chi connectivity index (χ3v) is 5.66. The molecule has 1 aromatic heterocycles. The Morgan fingerprint density at radius 1 is 1.12 bits per heavy atom. The summed E-state index contributed by atoms with van der Waals surface area (Å²) in [5.74, 6) is 0.908. The third-order valence-electron chi connectivity index (χ3n) is 4.94. The normalized spacial score (nSPS) is 11.2. The van der Waals surface area contributed by atoms with Crippen molar-refractivity contribution < 1.29 is 4.74 Å². The molecule has 0 fully saturated rings. The van der Waals surface area contributed by atoms with Gasteiger partial charge in [0.2, 0.25) is 0 Å². The van der Waals surface area contributed by atoms with Crippen LogP contribution < -0.4 is 10.5 Å². The lowest BCUT2D eigenvalue weighted by atomic mass is 9.98. The monoisotopic (exact) mass is 368 g/mol. The van der Waals surface area contributed by atoms with E-state index in [-0.39, 0.29) is 0 Å². The van der Waals surface area contributed by atoms with Gasteiger partial charge in [0.1, 0.15) is 5.75 Å². The second kappa shape index (κ2) is 8.65. The molecule has 3 N–H and O–H groups in total. The van der Waals surface area contributed by atoms with E-state index in [1.54, 1.807) is 18.9 Å². The molecule has 3 nitrogen and oxygen atoms in total. The van der Waals surface area contributed by atoms with Gasteiger partial charge in [-0.3, -0.25) is 0 Å². The van der Waals surface area contributed by atoms with Crippen molar-refractivity contribution in [1.82, 2.24) is 4.98 Å². The summed E-state index contributed by atoms with van der Waals surface area (Å²) in [4.78, 5) is 4.90. The number of aromatic nitrogens is 1. The van der Waals surface area contributed by atoms with E-state index in [9.17, 15) is 0 Å². The number of ether oxygens (including phenoxy) is 1. The van der Waals surface area contributed by atoms with Gasteiger partial charge in [-0.2, -0.15) is 0 Å². The molecule has 0 aliphatic heterocycles. The van der Waals surface area contributed by atoms with Gasteiger partial charge in [-0.15, -0.1) is 11.8 Å². The lowest BCUT2D eigenvalue weighted by Crippen LogP contribution is -1.99. The molecular weight excluding hydrogens is 340 g/mol. The maximum absolute atomic E-state index is 5.73. The minimum absolute atomic E-state index is 0.739. The first-order valence-electron chi connectivity index (χ1n) is 9.27. The van der Waals surface area contributed by atoms with Crippen LogP contribution in [0.3, 0.4) is 0 Å². The first kappa shape index (κ1) is 18.9. The number of aryl methyl sites for hydroxylation is 2. The molecule has 0 bridgehead atoms. The predicted molar refractivity (Wildman–Crippen MR) is 113 cm³/mol. The van der Waals surface area contributed by atoms with Crippen LogP contribution in [0.5, 0.6) is 5.75 Å². The van der Waals surface area contributed by atoms with Gasteiger partial charge in [0, 0.05) is 21.4 Å². The molecule has 0 amide bonds. The highest BCUT2D eigenvalue weighted by Gasteiger charge is 2.17. The van der Waals surface area contributed by atoms with E-state index < -0.39 is 0 Å². The van der Waals surface area contributed by atoms with Crippen LogP contribution in [0.1, 0.15) is 30.9 Å². The van der Waals surface area contributed by atoms with Crippen LogP contribution >= 0.6 is 11.8 Å². The summed E-state index contributed by atoms with van der Waals surface area (Å²) in [6, 6.07) is 13.1. The highest BCUT2D eigenvalue weighted by Crippen LogP contribution is 2.38. The van der Waals surface area contributed by atoms with Crippen LogP contribution in [0.15, 0.2) is 41.3 Å². The van der Waals surface area contributed by atoms with Crippen molar-refractivity contribution >= 4 is 22.7 Å². The number of hydrogen-bond donors (Lipinski definition) is 2. The van der Waals surface area contributed by atoms with Gasteiger partial charge in [0.15, 0.2) is 0 Å². The Labute approximate surface area is 160 Å². The average molecular weight is 369 g/mol. The summed E-state index contributed by atoms with van der Waals surface area (Å²) < 4.78 is 5.67. The van der Waals surface area contributed by atoms with Crippen molar-refractivity contribution in [2.24, 2.45) is 5.73 Å². The van der Waals surface area contributed by atoms with E-state index in [1.807, 2.05) is 0 Å². The number of nitrogens with two attached hydrogens (primary N) is 1. The Bertz CT molecular complexity index is 885. The van der Waals surface area contributed by atoms with Crippen LogP contribution in [-0.4, -0.2) is 24.9 Å². The molecule has 0 radical (unpaired) electrons. The molecular formula is C22H28N2OS. The van der Waals surface area contributed by atoms with Crippen molar-refractivity contribution in [3.8, 4) is 17.0 Å². The topological polar surface area (TPSA) is 51.0 Å². The number of unbranched alkanes of at least 4 members (excludes halogenated alkanes) is 1. The number of aromatic amines is 1. The third kappa shape index (κ3) is 3.76. The van der Waals surface area contributed by atoms with E-state index in [4.69, 9.17) is 10.5 Å². The van der Waals surface area contributed by atoms with Crippen molar-refractivity contribution in [2.45, 2.75) is 37.5 Å². The lowest BCUT2D eigenvalue weighted by Gasteiger charge is -2.11. The Balaban J connectivity index is 2.19. The zero-order valence-corrected chi connectivity index (χ0v) is 16.7. The number of methoxy groups -OCH3 is 1. The van der Waals surface area contributed by atoms with Crippen molar-refractivity contribution in [3.63, 3.8) is 0 Å². The number of nitrogens with one attached hydrogen (secondary N) is 1. The van der Waals surface area contributed by atoms with Gasteiger partial charge in [0.05, 0.1) is 12.8 Å². The number of rotatable bonds is 8. The summed E-state index contributed by atoms with van der Waals surface area (Å²) in [6.07, 6.45) is 6.31. The molecule has 4 heteroatoms. The molecule has 3 aromatic rings. The van der Waals surface area contributed by atoms with E-state index >= 15 is 0 Å². The van der Waals surface area contributed by atoms with Crippen LogP contribution in [0.4, 0.5) is 0 Å². The molecule has 0 saturated heterocycles. The van der Waals surface area contributed by atoms with Gasteiger partial charge in [-0.05, 0) is 79.9 Å². The van der Waals surface area contributed by atoms with E-state index in [1.165, 1.54) is 32.6 Å². The summed E-state index contributed by atoms with van der Waals surface area (Å²) in [5.41, 5.74) is 12.0. The molecule has 3 rings (SSSR count). The van der Waals surface area contributed by atoms with Crippen molar-refractivity contribution in [3.05, 3.63) is 47.5 Å². The number of fused-ring (bicyclic) bond motifs is 1. The Morgan fingerprint density at radius 3 is 2.65 bits per heavy atom. The SMILES string of the molecule is CCc1ccc2[nH]c(-c3cc(SC)ccc3OC)c(CCCCN)c2c1. The van der Waals surface area contributed by atoms with Gasteiger partial charge in [-0.1, -0.05) is 13.0 Å². The summed E-state index contributed by atoms with van der Waals surface area (Å²) in [5, 5.41) is 1.33. The molecule has 0 aliphatic rings. The zero-order chi connectivity index (χ0) is 18.5. The number of thioether (sulfide) groups is 1. The Morgan fingerprint density at radius 2 is 1.96 bits per heavy atom. The summed E-state index contributed by atoms with van der Waals surface area (Å²) in [6.45, 7) is 2.94. The summed E-state index contributed by atoms with van der Waals surface area (Å²) in [7, 11) is 1.74. The molecule has 0 spiro atoms. The molecule has 138 valence electrons. The molecule has 0 atom stereocenters. The zero-order valence-electron chi connectivity index (χ0n) is 15.9. The molecule has 2 aromatic carbocycles. The largest absolute Gasteiger partial charge is 0.496 e. The maximum atomic E-state index is 5.73. The summed E-state index contributed by atoms with van der Waals surface area (Å²) >= 11 is 1.75. The van der Waals surface area contributed by atoms with Crippen molar-refractivity contribution in [1.29, 1.82) is 0 Å². The molecule has 26 heavy (non-hydrogen) atoms. The second-order valence-corrected chi connectivity index (χ2v) is 7.40. The molecule has 0 aliphatic carbocycles. The number of benzene rings is 2. The average Bonchev–Trinajstić information content (AvgIpc) is 3.05. The molecule has 1 heterocycles. The lowest BCUT2D eigenvalue weighted by molar-refractivity contribution is 0.416. The van der Waals surface area contributed by atoms with E-state index in [0.717, 1.165) is 43.5 Å². The number of hydrogen-bond acceptors (Lipinski definition) is 3. The van der Waals surface area contributed by atoms with Gasteiger partial charge < -0.3 is 15.5 Å². The van der Waals surface area contributed by atoms with Gasteiger partial charge in [-0.25, -0.2) is 0 Å². The fourth-order valence-electron chi connectivity index (χ4n) is 3.46. The van der Waals surface area contributed by atoms with Gasteiger partial charge in [0.25, 0.3) is 0 Å². The Kier molecular flexibility index (Phi) is 6.28. The minimum Gasteiger partial charge on any atom is -0.496 e. The maximum Gasteiger partial charge on any atom is 0.128 e. The quantitative estimate of drug-likeness (QED) is 0.413. The minimum atomic E-state index is 0.739. The highest BCUT2D eigenvalue weighted by atomic mass is 32.2. The van der Waals surface area contributed by atoms with Crippen LogP contribution in [0.25, 0.3) is 22.2 Å². The fourth-order valence-corrected chi connectivity index (χ4v) is 3.90. The second-order valence-electron chi connectivity index (χ2n) is 6.52. The van der Waals surface area contributed by atoms with Crippen LogP contribution in [0, 0.1) is 0 Å². The van der Waals surface area contributed by atoms with Gasteiger partial charge >= 0.3 is 0 Å². The highest BCUT2D eigenvalue weighted by molar-refractivity contribution is 7.98. The molecule has 0 saturated carbocycles. The van der Waals surface area contributed by atoms with Crippen LogP contribution in [-0.2, 0) is 12.8 Å². The smallest absolute Gasteiger partial charge is 0.128 e.